The van der Waals surface area contributed by atoms with E-state index in [-0.39, 0.29) is 24.4 Å². The van der Waals surface area contributed by atoms with Crippen LogP contribution < -0.4 is 9.47 Å². The number of benzene rings is 2. The second-order valence-corrected chi connectivity index (χ2v) is 9.21. The third-order valence-corrected chi connectivity index (χ3v) is 7.01. The van der Waals surface area contributed by atoms with Crippen LogP contribution in [-0.2, 0) is 11.2 Å². The van der Waals surface area contributed by atoms with Crippen molar-refractivity contribution >= 4 is 23.2 Å². The van der Waals surface area contributed by atoms with Gasteiger partial charge in [-0.2, -0.15) is 0 Å². The Morgan fingerprint density at radius 1 is 1.06 bits per heavy atom. The summed E-state index contributed by atoms with van der Waals surface area (Å²) in [4.78, 5) is 31.4. The van der Waals surface area contributed by atoms with Crippen molar-refractivity contribution in [3.05, 3.63) is 82.0 Å². The summed E-state index contributed by atoms with van der Waals surface area (Å²) in [5.74, 6) is 1.12. The number of hydrogen-bond acceptors (Lipinski definition) is 5. The highest BCUT2D eigenvalue weighted by Gasteiger charge is 2.33. The number of thiophene rings is 1. The molecule has 2 aromatic carbocycles. The van der Waals surface area contributed by atoms with Crippen LogP contribution in [0.4, 0.5) is 0 Å². The van der Waals surface area contributed by atoms with Crippen molar-refractivity contribution in [1.29, 1.82) is 0 Å². The molecule has 0 saturated carbocycles. The molecule has 0 saturated heterocycles. The predicted octanol–water partition coefficient (Wildman–Crippen LogP) is 4.81. The summed E-state index contributed by atoms with van der Waals surface area (Å²) < 4.78 is 11.6. The Labute approximate surface area is 204 Å². The maximum Gasteiger partial charge on any atom is 0.254 e. The van der Waals surface area contributed by atoms with Gasteiger partial charge in [0.2, 0.25) is 5.91 Å². The predicted molar refractivity (Wildman–Crippen MR) is 134 cm³/mol. The van der Waals surface area contributed by atoms with Gasteiger partial charge >= 0.3 is 0 Å². The maximum atomic E-state index is 13.6. The molecule has 178 valence electrons. The highest BCUT2D eigenvalue weighted by Crippen LogP contribution is 2.35. The zero-order valence-corrected chi connectivity index (χ0v) is 20.4. The standard InChI is InChI=1S/C27H30N2O4S/c1-3-15-28(27(31)20-9-5-4-6-10-20)18-26(30)29-16-13-25-21(14-17-34-25)22(29)19-33-24-12-8-7-11-23(24)32-2/h4-12,14,17,22H,3,13,15-16,18-19H2,1-2H3. The monoisotopic (exact) mass is 478 g/mol. The lowest BCUT2D eigenvalue weighted by Crippen LogP contribution is -2.48. The molecule has 3 aromatic rings. The van der Waals surface area contributed by atoms with Gasteiger partial charge in [-0.25, -0.2) is 0 Å². The van der Waals surface area contributed by atoms with Gasteiger partial charge in [0.15, 0.2) is 11.5 Å². The number of ether oxygens (including phenoxy) is 2. The Morgan fingerprint density at radius 3 is 2.53 bits per heavy atom. The van der Waals surface area contributed by atoms with E-state index < -0.39 is 0 Å². The van der Waals surface area contributed by atoms with Crippen LogP contribution in [0.1, 0.15) is 40.2 Å². The third kappa shape index (κ3) is 5.25. The van der Waals surface area contributed by atoms with E-state index in [0.717, 1.165) is 18.4 Å². The first-order chi connectivity index (χ1) is 16.6. The lowest BCUT2D eigenvalue weighted by atomic mass is 10.0. The van der Waals surface area contributed by atoms with Crippen LogP contribution in [0, 0.1) is 0 Å². The van der Waals surface area contributed by atoms with E-state index in [0.29, 0.717) is 36.8 Å². The molecule has 0 fully saturated rings. The Morgan fingerprint density at radius 2 is 1.79 bits per heavy atom. The smallest absolute Gasteiger partial charge is 0.254 e. The zero-order chi connectivity index (χ0) is 23.9. The quantitative estimate of drug-likeness (QED) is 0.443. The van der Waals surface area contributed by atoms with Crippen molar-refractivity contribution in [3.63, 3.8) is 0 Å². The fourth-order valence-electron chi connectivity index (χ4n) is 4.32. The largest absolute Gasteiger partial charge is 0.493 e. The number of hydrogen-bond donors (Lipinski definition) is 0. The summed E-state index contributed by atoms with van der Waals surface area (Å²) in [5.41, 5.74) is 1.72. The average Bonchev–Trinajstić information content (AvgIpc) is 3.36. The molecular formula is C27H30N2O4S. The van der Waals surface area contributed by atoms with Gasteiger partial charge < -0.3 is 19.3 Å². The molecule has 0 bridgehead atoms. The van der Waals surface area contributed by atoms with Gasteiger partial charge in [0.1, 0.15) is 13.2 Å². The summed E-state index contributed by atoms with van der Waals surface area (Å²) in [5, 5.41) is 2.07. The molecule has 1 unspecified atom stereocenters. The van der Waals surface area contributed by atoms with Gasteiger partial charge in [-0.1, -0.05) is 37.3 Å². The van der Waals surface area contributed by atoms with Crippen LogP contribution >= 0.6 is 11.3 Å². The first-order valence-corrected chi connectivity index (χ1v) is 12.5. The molecule has 0 N–H and O–H groups in total. The molecule has 1 aliphatic rings. The Hall–Kier alpha value is -3.32. The highest BCUT2D eigenvalue weighted by atomic mass is 32.1. The zero-order valence-electron chi connectivity index (χ0n) is 19.6. The van der Waals surface area contributed by atoms with Crippen LogP contribution in [-0.4, -0.2) is 55.0 Å². The molecule has 34 heavy (non-hydrogen) atoms. The number of amides is 2. The number of carbonyl (C=O) groups is 2. The van der Waals surface area contributed by atoms with Gasteiger partial charge in [0, 0.05) is 23.5 Å². The van der Waals surface area contributed by atoms with E-state index in [1.54, 1.807) is 35.5 Å². The molecule has 4 rings (SSSR count). The molecule has 0 radical (unpaired) electrons. The van der Waals surface area contributed by atoms with Gasteiger partial charge in [-0.3, -0.25) is 9.59 Å². The Balaban J connectivity index is 1.53. The number of fused-ring (bicyclic) bond motifs is 1. The number of para-hydroxylation sites is 2. The van der Waals surface area contributed by atoms with Crippen LogP contribution in [0.3, 0.4) is 0 Å². The first-order valence-electron chi connectivity index (χ1n) is 11.6. The lowest BCUT2D eigenvalue weighted by molar-refractivity contribution is -0.135. The molecule has 0 spiro atoms. The van der Waals surface area contributed by atoms with Crippen molar-refractivity contribution in [1.82, 2.24) is 9.80 Å². The Kier molecular flexibility index (Phi) is 7.85. The number of carbonyl (C=O) groups excluding carboxylic acids is 2. The van der Waals surface area contributed by atoms with Crippen LogP contribution in [0.15, 0.2) is 66.0 Å². The average molecular weight is 479 g/mol. The molecule has 2 heterocycles. The maximum absolute atomic E-state index is 13.6. The van der Waals surface area contributed by atoms with Crippen molar-refractivity contribution in [3.8, 4) is 11.5 Å². The highest BCUT2D eigenvalue weighted by molar-refractivity contribution is 7.10. The Bertz CT molecular complexity index is 1110. The second kappa shape index (κ2) is 11.2. The normalized spacial score (nSPS) is 14.9. The minimum atomic E-state index is -0.220. The fraction of sp³-hybridized carbons (Fsp3) is 0.333. The summed E-state index contributed by atoms with van der Waals surface area (Å²) in [6, 6.07) is 18.5. The fourth-order valence-corrected chi connectivity index (χ4v) is 5.25. The lowest BCUT2D eigenvalue weighted by Gasteiger charge is -2.37. The number of nitrogens with zero attached hydrogens (tertiary/aromatic N) is 2. The number of methoxy groups -OCH3 is 1. The molecule has 1 aromatic heterocycles. The molecule has 7 heteroatoms. The van der Waals surface area contributed by atoms with Gasteiger partial charge in [-0.15, -0.1) is 11.3 Å². The van der Waals surface area contributed by atoms with E-state index in [9.17, 15) is 9.59 Å². The van der Waals surface area contributed by atoms with E-state index in [4.69, 9.17) is 9.47 Å². The van der Waals surface area contributed by atoms with Crippen molar-refractivity contribution < 1.29 is 19.1 Å². The molecule has 0 aliphatic carbocycles. The molecule has 2 amide bonds. The SMILES string of the molecule is CCCN(CC(=O)N1CCc2sccc2C1COc1ccccc1OC)C(=O)c1ccccc1. The van der Waals surface area contributed by atoms with Gasteiger partial charge in [0.05, 0.1) is 13.2 Å². The second-order valence-electron chi connectivity index (χ2n) is 8.21. The summed E-state index contributed by atoms with van der Waals surface area (Å²) in [6.45, 7) is 3.51. The molecule has 1 aliphatic heterocycles. The first kappa shape index (κ1) is 23.8. The molecular weight excluding hydrogens is 448 g/mol. The molecule has 1 atom stereocenters. The van der Waals surface area contributed by atoms with Crippen LogP contribution in [0.25, 0.3) is 0 Å². The number of rotatable bonds is 9. The summed E-state index contributed by atoms with van der Waals surface area (Å²) in [6.07, 6.45) is 1.59. The van der Waals surface area contributed by atoms with Crippen LogP contribution in [0.2, 0.25) is 0 Å². The van der Waals surface area contributed by atoms with Crippen molar-refractivity contribution in [2.45, 2.75) is 25.8 Å². The van der Waals surface area contributed by atoms with E-state index >= 15 is 0 Å². The minimum absolute atomic E-state index is 0.0478. The molecule has 6 nitrogen and oxygen atoms in total. The minimum Gasteiger partial charge on any atom is -0.493 e. The van der Waals surface area contributed by atoms with Crippen molar-refractivity contribution in [2.75, 3.05) is 33.4 Å². The summed E-state index contributed by atoms with van der Waals surface area (Å²) in [7, 11) is 1.61. The summed E-state index contributed by atoms with van der Waals surface area (Å²) >= 11 is 1.71. The van der Waals surface area contributed by atoms with Gasteiger partial charge in [0.25, 0.3) is 5.91 Å². The third-order valence-electron chi connectivity index (χ3n) is 6.01. The van der Waals surface area contributed by atoms with Gasteiger partial charge in [-0.05, 0) is 54.1 Å². The van der Waals surface area contributed by atoms with Crippen LogP contribution in [0.5, 0.6) is 11.5 Å². The van der Waals surface area contributed by atoms with E-state index in [2.05, 4.69) is 11.4 Å². The van der Waals surface area contributed by atoms with Crippen molar-refractivity contribution in [2.24, 2.45) is 0 Å². The topological polar surface area (TPSA) is 59.1 Å². The van der Waals surface area contributed by atoms with E-state index in [1.165, 1.54) is 4.88 Å². The van der Waals surface area contributed by atoms with E-state index in [1.807, 2.05) is 54.3 Å².